The van der Waals surface area contributed by atoms with Crippen molar-refractivity contribution in [2.24, 2.45) is 17.8 Å². The maximum Gasteiger partial charge on any atom is 0.269 e. The highest BCUT2D eigenvalue weighted by Crippen LogP contribution is 2.49. The van der Waals surface area contributed by atoms with Gasteiger partial charge in [-0.05, 0) is 66.8 Å². The molecule has 3 aromatic rings. The van der Waals surface area contributed by atoms with Crippen molar-refractivity contribution in [2.75, 3.05) is 0 Å². The number of nitrogens with zero attached hydrogens (tertiary/aromatic N) is 1. The monoisotopic (exact) mass is 434 g/mol. The van der Waals surface area contributed by atoms with Gasteiger partial charge in [0.05, 0.1) is 11.0 Å². The Morgan fingerprint density at radius 1 is 1.03 bits per heavy atom. The third kappa shape index (κ3) is 4.61. The number of aromatic amines is 1. The number of rotatable bonds is 6. The molecule has 2 aliphatic rings. The lowest BCUT2D eigenvalue weighted by molar-refractivity contribution is -0.123. The number of nitrogens with one attached hydrogen (secondary N) is 3. The summed E-state index contributed by atoms with van der Waals surface area (Å²) < 4.78 is 0. The van der Waals surface area contributed by atoms with E-state index in [0.717, 1.165) is 33.4 Å². The first-order chi connectivity index (χ1) is 15.1. The van der Waals surface area contributed by atoms with Crippen LogP contribution in [0.2, 0.25) is 0 Å². The van der Waals surface area contributed by atoms with Gasteiger partial charge < -0.3 is 4.98 Å². The van der Waals surface area contributed by atoms with Gasteiger partial charge in [-0.3, -0.25) is 20.4 Å². The van der Waals surface area contributed by atoms with Crippen molar-refractivity contribution in [3.05, 3.63) is 59.7 Å². The van der Waals surface area contributed by atoms with Crippen molar-refractivity contribution in [1.29, 1.82) is 0 Å². The first-order valence-electron chi connectivity index (χ1n) is 10.9. The van der Waals surface area contributed by atoms with E-state index in [1.807, 2.05) is 36.4 Å². The molecule has 2 fully saturated rings. The predicted octanol–water partition coefficient (Wildman–Crippen LogP) is 4.44. The lowest BCUT2D eigenvalue weighted by Gasteiger charge is -2.20. The first kappa shape index (κ1) is 20.1. The van der Waals surface area contributed by atoms with E-state index < -0.39 is 0 Å². The Morgan fingerprint density at radius 3 is 2.61 bits per heavy atom. The maximum atomic E-state index is 12.4. The highest BCUT2D eigenvalue weighted by Gasteiger charge is 2.40. The van der Waals surface area contributed by atoms with Crippen molar-refractivity contribution in [1.82, 2.24) is 20.8 Å². The van der Waals surface area contributed by atoms with E-state index in [2.05, 4.69) is 20.8 Å². The zero-order valence-electron chi connectivity index (χ0n) is 17.3. The number of benzene rings is 2. The van der Waals surface area contributed by atoms with Crippen LogP contribution >= 0.6 is 11.8 Å². The quantitative estimate of drug-likeness (QED) is 0.395. The van der Waals surface area contributed by atoms with Gasteiger partial charge in [-0.2, -0.15) is 0 Å². The number of imidazole rings is 1. The van der Waals surface area contributed by atoms with Crippen molar-refractivity contribution < 1.29 is 9.59 Å². The van der Waals surface area contributed by atoms with Crippen LogP contribution in [-0.2, 0) is 10.5 Å². The summed E-state index contributed by atoms with van der Waals surface area (Å²) in [7, 11) is 0. The number of hydrazine groups is 1. The molecule has 160 valence electrons. The van der Waals surface area contributed by atoms with Crippen LogP contribution < -0.4 is 10.9 Å². The second kappa shape index (κ2) is 8.75. The Bertz CT molecular complexity index is 1060. The molecule has 0 radical (unpaired) electrons. The van der Waals surface area contributed by atoms with Gasteiger partial charge in [0.15, 0.2) is 5.16 Å². The number of amides is 2. The number of H-pyrrole nitrogens is 1. The number of carbonyl (C=O) groups is 2. The molecular formula is C24H26N4O2S. The SMILES string of the molecule is O=C(CC1CC2CCC1C2)NNC(=O)c1ccc(CSc2nc3ccccc3[nH]2)cc1. The average Bonchev–Trinajstić information content (AvgIpc) is 3.51. The van der Waals surface area contributed by atoms with Gasteiger partial charge in [0.1, 0.15) is 0 Å². The van der Waals surface area contributed by atoms with Crippen molar-refractivity contribution in [3.8, 4) is 0 Å². The van der Waals surface area contributed by atoms with E-state index in [-0.39, 0.29) is 11.8 Å². The lowest BCUT2D eigenvalue weighted by Crippen LogP contribution is -2.42. The van der Waals surface area contributed by atoms with Crippen LogP contribution in [0.4, 0.5) is 0 Å². The molecule has 6 nitrogen and oxygen atoms in total. The minimum absolute atomic E-state index is 0.0928. The minimum atomic E-state index is -0.294. The van der Waals surface area contributed by atoms with Crippen LogP contribution in [0.5, 0.6) is 0 Å². The molecule has 1 aromatic heterocycles. The second-order valence-electron chi connectivity index (χ2n) is 8.69. The van der Waals surface area contributed by atoms with Crippen LogP contribution in [0.1, 0.15) is 48.0 Å². The van der Waals surface area contributed by atoms with Crippen molar-refractivity contribution in [2.45, 2.75) is 43.0 Å². The topological polar surface area (TPSA) is 86.9 Å². The van der Waals surface area contributed by atoms with Crippen molar-refractivity contribution >= 4 is 34.6 Å². The third-order valence-electron chi connectivity index (χ3n) is 6.61. The molecule has 5 rings (SSSR count). The molecule has 2 aliphatic carbocycles. The highest BCUT2D eigenvalue weighted by atomic mass is 32.2. The van der Waals surface area contributed by atoms with Gasteiger partial charge in [-0.25, -0.2) is 4.98 Å². The zero-order chi connectivity index (χ0) is 21.2. The number of fused-ring (bicyclic) bond motifs is 3. The summed E-state index contributed by atoms with van der Waals surface area (Å²) in [4.78, 5) is 32.4. The van der Waals surface area contributed by atoms with Crippen LogP contribution in [0.3, 0.4) is 0 Å². The molecule has 0 aliphatic heterocycles. The molecule has 0 saturated heterocycles. The standard InChI is InChI=1S/C24H26N4O2S/c29-22(13-19-12-16-7-10-18(19)11-16)27-28-23(30)17-8-5-15(6-9-17)14-31-24-25-20-3-1-2-4-21(20)26-24/h1-6,8-9,16,18-19H,7,10-14H2,(H,25,26)(H,27,29)(H,28,30). The number of hydrogen-bond donors (Lipinski definition) is 3. The summed E-state index contributed by atoms with van der Waals surface area (Å²) in [6.45, 7) is 0. The molecule has 2 bridgehead atoms. The third-order valence-corrected chi connectivity index (χ3v) is 7.55. The van der Waals surface area contributed by atoms with Crippen LogP contribution in [-0.4, -0.2) is 21.8 Å². The van der Waals surface area contributed by atoms with E-state index in [1.165, 1.54) is 25.7 Å². The number of aromatic nitrogens is 2. The summed E-state index contributed by atoms with van der Waals surface area (Å²) in [5.41, 5.74) is 8.75. The lowest BCUT2D eigenvalue weighted by atomic mass is 9.86. The van der Waals surface area contributed by atoms with Crippen LogP contribution in [0.25, 0.3) is 11.0 Å². The molecule has 2 saturated carbocycles. The van der Waals surface area contributed by atoms with Crippen LogP contribution in [0.15, 0.2) is 53.7 Å². The molecule has 7 heteroatoms. The van der Waals surface area contributed by atoms with Crippen molar-refractivity contribution in [3.63, 3.8) is 0 Å². The summed E-state index contributed by atoms with van der Waals surface area (Å²) in [6, 6.07) is 15.4. The summed E-state index contributed by atoms with van der Waals surface area (Å²) in [6.07, 6.45) is 5.55. The molecule has 31 heavy (non-hydrogen) atoms. The largest absolute Gasteiger partial charge is 0.333 e. The van der Waals surface area contributed by atoms with Gasteiger partial charge in [0.25, 0.3) is 5.91 Å². The summed E-state index contributed by atoms with van der Waals surface area (Å²) in [5, 5.41) is 0.876. The Morgan fingerprint density at radius 2 is 1.87 bits per heavy atom. The molecular weight excluding hydrogens is 408 g/mol. The fraction of sp³-hybridized carbons (Fsp3) is 0.375. The molecule has 2 aromatic carbocycles. The molecule has 1 heterocycles. The predicted molar refractivity (Wildman–Crippen MR) is 121 cm³/mol. The Hall–Kier alpha value is -2.80. The zero-order valence-corrected chi connectivity index (χ0v) is 18.1. The number of hydrogen-bond acceptors (Lipinski definition) is 4. The fourth-order valence-electron chi connectivity index (χ4n) is 5.02. The Balaban J connectivity index is 1.09. The van der Waals surface area contributed by atoms with Gasteiger partial charge >= 0.3 is 0 Å². The Kier molecular flexibility index (Phi) is 5.68. The molecule has 0 spiro atoms. The van der Waals surface area contributed by atoms with Gasteiger partial charge in [-0.1, -0.05) is 42.4 Å². The number of carbonyl (C=O) groups excluding carboxylic acids is 2. The van der Waals surface area contributed by atoms with Gasteiger partial charge in [-0.15, -0.1) is 0 Å². The average molecular weight is 435 g/mol. The van der Waals surface area contributed by atoms with Gasteiger partial charge in [0.2, 0.25) is 5.91 Å². The highest BCUT2D eigenvalue weighted by molar-refractivity contribution is 7.98. The minimum Gasteiger partial charge on any atom is -0.333 e. The molecule has 3 atom stereocenters. The molecule has 3 N–H and O–H groups in total. The van der Waals surface area contributed by atoms with Gasteiger partial charge in [0, 0.05) is 17.7 Å². The molecule has 2 amide bonds. The Labute approximate surface area is 185 Å². The second-order valence-corrected chi connectivity index (χ2v) is 9.65. The normalized spacial score (nSPS) is 22.0. The van der Waals surface area contributed by atoms with E-state index in [0.29, 0.717) is 23.8 Å². The van der Waals surface area contributed by atoms with E-state index >= 15 is 0 Å². The van der Waals surface area contributed by atoms with E-state index in [1.54, 1.807) is 23.9 Å². The fourth-order valence-corrected chi connectivity index (χ4v) is 5.86. The summed E-state index contributed by atoms with van der Waals surface area (Å²) in [5.74, 6) is 2.38. The van der Waals surface area contributed by atoms with E-state index in [9.17, 15) is 9.59 Å². The van der Waals surface area contributed by atoms with E-state index in [4.69, 9.17) is 0 Å². The smallest absolute Gasteiger partial charge is 0.269 e. The van der Waals surface area contributed by atoms with Crippen LogP contribution in [0, 0.1) is 17.8 Å². The maximum absolute atomic E-state index is 12.4. The molecule has 3 unspecified atom stereocenters. The number of thioether (sulfide) groups is 1. The first-order valence-corrected chi connectivity index (χ1v) is 11.9. The number of para-hydroxylation sites is 2. The summed E-state index contributed by atoms with van der Waals surface area (Å²) >= 11 is 1.62.